The molecule has 0 radical (unpaired) electrons. The Morgan fingerprint density at radius 1 is 0.892 bits per heavy atom. The van der Waals surface area contributed by atoms with Crippen LogP contribution in [0, 0.1) is 3.57 Å². The summed E-state index contributed by atoms with van der Waals surface area (Å²) >= 11 is 2.14. The lowest BCUT2D eigenvalue weighted by Gasteiger charge is -2.33. The Morgan fingerprint density at radius 3 is 2.00 bits per heavy atom. The monoisotopic (exact) mass is 633 g/mol. The number of rotatable bonds is 12. The fourth-order valence-corrected chi connectivity index (χ4v) is 5.13. The van der Waals surface area contributed by atoms with Crippen LogP contribution in [0.4, 0.5) is 5.69 Å². The van der Waals surface area contributed by atoms with Gasteiger partial charge in [-0.05, 0) is 64.4 Å². The molecule has 3 rings (SSSR count). The van der Waals surface area contributed by atoms with Crippen molar-refractivity contribution in [3.8, 4) is 0 Å². The number of halogens is 1. The van der Waals surface area contributed by atoms with Crippen LogP contribution in [-0.4, -0.2) is 50.5 Å². The molecule has 0 fully saturated rings. The minimum atomic E-state index is -3.77. The van der Waals surface area contributed by atoms with Gasteiger partial charge in [-0.2, -0.15) is 0 Å². The van der Waals surface area contributed by atoms with Crippen LogP contribution >= 0.6 is 22.6 Å². The van der Waals surface area contributed by atoms with Gasteiger partial charge < -0.3 is 10.2 Å². The van der Waals surface area contributed by atoms with Crippen molar-refractivity contribution in [2.45, 2.75) is 32.4 Å². The lowest BCUT2D eigenvalue weighted by molar-refractivity contribution is -0.140. The zero-order valence-electron chi connectivity index (χ0n) is 21.0. The molecule has 0 saturated heterocycles. The highest BCUT2D eigenvalue weighted by molar-refractivity contribution is 14.1. The van der Waals surface area contributed by atoms with E-state index in [4.69, 9.17) is 0 Å². The molecule has 1 unspecified atom stereocenters. The molecule has 9 heteroatoms. The van der Waals surface area contributed by atoms with E-state index >= 15 is 0 Å². The summed E-state index contributed by atoms with van der Waals surface area (Å²) in [5.74, 6) is -0.726. The molecule has 1 N–H and O–H groups in total. The predicted octanol–water partition coefficient (Wildman–Crippen LogP) is 4.22. The summed E-state index contributed by atoms with van der Waals surface area (Å²) in [5.41, 5.74) is 2.14. The van der Waals surface area contributed by atoms with Crippen molar-refractivity contribution in [2.75, 3.05) is 23.7 Å². The number of hydrogen-bond donors (Lipinski definition) is 1. The topological polar surface area (TPSA) is 86.8 Å². The highest BCUT2D eigenvalue weighted by Gasteiger charge is 2.32. The van der Waals surface area contributed by atoms with E-state index in [1.807, 2.05) is 67.6 Å². The van der Waals surface area contributed by atoms with E-state index in [2.05, 4.69) is 27.9 Å². The minimum absolute atomic E-state index is 0.168. The largest absolute Gasteiger partial charge is 0.354 e. The van der Waals surface area contributed by atoms with Crippen LogP contribution in [0.25, 0.3) is 0 Å². The summed E-state index contributed by atoms with van der Waals surface area (Å²) in [6.07, 6.45) is 2.14. The third kappa shape index (κ3) is 8.57. The van der Waals surface area contributed by atoms with Crippen molar-refractivity contribution >= 4 is 50.1 Å². The van der Waals surface area contributed by atoms with E-state index < -0.39 is 28.5 Å². The first kappa shape index (κ1) is 28.6. The molecule has 7 nitrogen and oxygen atoms in total. The Morgan fingerprint density at radius 2 is 1.46 bits per heavy atom. The maximum atomic E-state index is 13.9. The molecule has 0 saturated carbocycles. The molecule has 0 bridgehead atoms. The SMILES string of the molecule is CCCNC(=O)C(Cc1ccccc1)N(Cc1ccccc1)C(=O)CN(c1ccc(I)cc1)S(C)(=O)=O. The van der Waals surface area contributed by atoms with Gasteiger partial charge in [0.15, 0.2) is 0 Å². The van der Waals surface area contributed by atoms with Gasteiger partial charge in [0.25, 0.3) is 0 Å². The third-order valence-electron chi connectivity index (χ3n) is 5.81. The molecule has 1 atom stereocenters. The van der Waals surface area contributed by atoms with Gasteiger partial charge in [-0.3, -0.25) is 13.9 Å². The molecule has 0 aliphatic heterocycles. The quantitative estimate of drug-likeness (QED) is 0.303. The number of carbonyl (C=O) groups excluding carboxylic acids is 2. The third-order valence-corrected chi connectivity index (χ3v) is 7.67. The first-order chi connectivity index (χ1) is 17.7. The minimum Gasteiger partial charge on any atom is -0.354 e. The van der Waals surface area contributed by atoms with E-state index in [9.17, 15) is 18.0 Å². The van der Waals surface area contributed by atoms with Gasteiger partial charge >= 0.3 is 0 Å². The van der Waals surface area contributed by atoms with E-state index in [-0.39, 0.29) is 12.5 Å². The maximum absolute atomic E-state index is 13.9. The normalized spacial score (nSPS) is 12.0. The second-order valence-electron chi connectivity index (χ2n) is 8.75. The summed E-state index contributed by atoms with van der Waals surface area (Å²) in [6, 6.07) is 25.0. The first-order valence-corrected chi connectivity index (χ1v) is 15.0. The number of anilines is 1. The van der Waals surface area contributed by atoms with E-state index in [1.54, 1.807) is 24.3 Å². The number of nitrogens with zero attached hydrogens (tertiary/aromatic N) is 2. The van der Waals surface area contributed by atoms with Gasteiger partial charge in [-0.15, -0.1) is 0 Å². The summed E-state index contributed by atoms with van der Waals surface area (Å²) < 4.78 is 27.5. The molecule has 0 aromatic heterocycles. The molecule has 0 aliphatic rings. The van der Waals surface area contributed by atoms with Crippen molar-refractivity contribution in [3.05, 3.63) is 99.6 Å². The van der Waals surface area contributed by atoms with Crippen LogP contribution in [0.3, 0.4) is 0 Å². The lowest BCUT2D eigenvalue weighted by atomic mass is 10.0. The smallest absolute Gasteiger partial charge is 0.244 e. The predicted molar refractivity (Wildman–Crippen MR) is 156 cm³/mol. The van der Waals surface area contributed by atoms with Gasteiger partial charge in [0, 0.05) is 23.1 Å². The average Bonchev–Trinajstić information content (AvgIpc) is 2.89. The lowest BCUT2D eigenvalue weighted by Crippen LogP contribution is -2.53. The average molecular weight is 634 g/mol. The van der Waals surface area contributed by atoms with Crippen molar-refractivity contribution in [3.63, 3.8) is 0 Å². The van der Waals surface area contributed by atoms with E-state index in [0.717, 1.165) is 31.7 Å². The molecule has 0 aliphatic carbocycles. The Hall–Kier alpha value is -2.92. The molecule has 196 valence electrons. The van der Waals surface area contributed by atoms with Gasteiger partial charge in [-0.1, -0.05) is 67.6 Å². The molecule has 0 spiro atoms. The molecular formula is C28H32IN3O4S. The maximum Gasteiger partial charge on any atom is 0.244 e. The number of amides is 2. The highest BCUT2D eigenvalue weighted by Crippen LogP contribution is 2.21. The van der Waals surface area contributed by atoms with Crippen LogP contribution in [0.5, 0.6) is 0 Å². The Labute approximate surface area is 233 Å². The van der Waals surface area contributed by atoms with Gasteiger partial charge in [0.1, 0.15) is 12.6 Å². The molecule has 3 aromatic carbocycles. The zero-order valence-corrected chi connectivity index (χ0v) is 24.0. The van der Waals surface area contributed by atoms with Gasteiger partial charge in [0.05, 0.1) is 11.9 Å². The number of sulfonamides is 1. The standard InChI is InChI=1S/C28H32IN3O4S/c1-3-18-30-28(34)26(19-22-10-6-4-7-11-22)31(20-23-12-8-5-9-13-23)27(33)21-32(37(2,35)36)25-16-14-24(29)15-17-25/h4-17,26H,3,18-21H2,1-2H3,(H,30,34). The Balaban J connectivity index is 2.01. The number of nitrogens with one attached hydrogen (secondary N) is 1. The van der Waals surface area contributed by atoms with Crippen LogP contribution in [-0.2, 0) is 32.6 Å². The Kier molecular flexibility index (Phi) is 10.5. The van der Waals surface area contributed by atoms with Crippen molar-refractivity contribution in [2.24, 2.45) is 0 Å². The number of hydrogen-bond acceptors (Lipinski definition) is 4. The summed E-state index contributed by atoms with van der Waals surface area (Å²) in [5, 5.41) is 2.93. The van der Waals surface area contributed by atoms with E-state index in [1.165, 1.54) is 4.90 Å². The van der Waals surface area contributed by atoms with Crippen molar-refractivity contribution in [1.82, 2.24) is 10.2 Å². The summed E-state index contributed by atoms with van der Waals surface area (Å²) in [6.45, 7) is 2.19. The van der Waals surface area contributed by atoms with E-state index in [0.29, 0.717) is 18.7 Å². The van der Waals surface area contributed by atoms with Crippen LogP contribution < -0.4 is 9.62 Å². The molecular weight excluding hydrogens is 601 g/mol. The second-order valence-corrected chi connectivity index (χ2v) is 11.9. The number of benzene rings is 3. The number of carbonyl (C=O) groups is 2. The fraction of sp³-hybridized carbons (Fsp3) is 0.286. The van der Waals surface area contributed by atoms with Crippen LogP contribution in [0.2, 0.25) is 0 Å². The van der Waals surface area contributed by atoms with Crippen LogP contribution in [0.1, 0.15) is 24.5 Å². The van der Waals surface area contributed by atoms with Gasteiger partial charge in [-0.25, -0.2) is 8.42 Å². The summed E-state index contributed by atoms with van der Waals surface area (Å²) in [7, 11) is -3.77. The van der Waals surface area contributed by atoms with Crippen molar-refractivity contribution < 1.29 is 18.0 Å². The van der Waals surface area contributed by atoms with Crippen molar-refractivity contribution in [1.29, 1.82) is 0 Å². The first-order valence-electron chi connectivity index (χ1n) is 12.1. The molecule has 0 heterocycles. The zero-order chi connectivity index (χ0) is 26.8. The van der Waals surface area contributed by atoms with Gasteiger partial charge in [0.2, 0.25) is 21.8 Å². The molecule has 3 aromatic rings. The second kappa shape index (κ2) is 13.6. The highest BCUT2D eigenvalue weighted by atomic mass is 127. The Bertz CT molecular complexity index is 1270. The summed E-state index contributed by atoms with van der Waals surface area (Å²) in [4.78, 5) is 28.8. The van der Waals surface area contributed by atoms with Crippen LogP contribution in [0.15, 0.2) is 84.9 Å². The molecule has 37 heavy (non-hydrogen) atoms. The fourth-order valence-electron chi connectivity index (χ4n) is 3.92. The molecule has 2 amide bonds.